The van der Waals surface area contributed by atoms with Gasteiger partial charge in [-0.3, -0.25) is 10.1 Å². The Morgan fingerprint density at radius 1 is 1.07 bits per heavy atom. The van der Waals surface area contributed by atoms with Gasteiger partial charge in [-0.1, -0.05) is 36.4 Å². The zero-order valence-electron chi connectivity index (χ0n) is 15.7. The first-order valence-corrected chi connectivity index (χ1v) is 8.88. The molecule has 0 radical (unpaired) electrons. The first-order valence-electron chi connectivity index (χ1n) is 8.88. The number of carboxylic acid groups (broad SMARTS) is 1. The maximum Gasteiger partial charge on any atom is 0.335 e. The third-order valence-corrected chi connectivity index (χ3v) is 4.26. The van der Waals surface area contributed by atoms with Gasteiger partial charge in [0.15, 0.2) is 0 Å². The van der Waals surface area contributed by atoms with E-state index in [1.807, 2.05) is 0 Å². The first kappa shape index (κ1) is 20.3. The van der Waals surface area contributed by atoms with Crippen molar-refractivity contribution >= 4 is 23.3 Å². The van der Waals surface area contributed by atoms with Crippen LogP contribution < -0.4 is 4.74 Å². The number of benzene rings is 3. The molecule has 30 heavy (non-hydrogen) atoms. The molecule has 0 aliphatic heterocycles. The number of nitro groups is 1. The Kier molecular flexibility index (Phi) is 6.20. The molecular formula is C23H16N2O5. The molecule has 0 atom stereocenters. The lowest BCUT2D eigenvalue weighted by molar-refractivity contribution is -0.384. The highest BCUT2D eigenvalue weighted by atomic mass is 16.6. The lowest BCUT2D eigenvalue weighted by Crippen LogP contribution is -2.00. The normalized spacial score (nSPS) is 10.8. The van der Waals surface area contributed by atoms with Crippen molar-refractivity contribution in [2.75, 3.05) is 0 Å². The van der Waals surface area contributed by atoms with Crippen LogP contribution >= 0.6 is 0 Å². The average Bonchev–Trinajstić information content (AvgIpc) is 2.77. The van der Waals surface area contributed by atoms with Crippen LogP contribution in [0.1, 0.15) is 27.0 Å². The Morgan fingerprint density at radius 2 is 1.77 bits per heavy atom. The zero-order valence-corrected chi connectivity index (χ0v) is 15.7. The summed E-state index contributed by atoms with van der Waals surface area (Å²) in [5.74, 6) is -0.410. The maximum absolute atomic E-state index is 11.0. The summed E-state index contributed by atoms with van der Waals surface area (Å²) in [7, 11) is 0. The maximum atomic E-state index is 11.0. The Balaban J connectivity index is 1.72. The van der Waals surface area contributed by atoms with E-state index in [0.717, 1.165) is 11.1 Å². The van der Waals surface area contributed by atoms with Crippen molar-refractivity contribution < 1.29 is 19.6 Å². The zero-order chi connectivity index (χ0) is 21.5. The van der Waals surface area contributed by atoms with E-state index in [2.05, 4.69) is 6.07 Å². The van der Waals surface area contributed by atoms with E-state index < -0.39 is 10.9 Å². The second-order valence-electron chi connectivity index (χ2n) is 6.34. The molecule has 148 valence electrons. The molecule has 0 aliphatic carbocycles. The van der Waals surface area contributed by atoms with Gasteiger partial charge in [-0.2, -0.15) is 5.26 Å². The van der Waals surface area contributed by atoms with Crippen LogP contribution in [0.4, 0.5) is 5.69 Å². The number of allylic oxidation sites excluding steroid dienone is 1. The molecule has 1 N–H and O–H groups in total. The molecule has 3 aromatic carbocycles. The number of carboxylic acids is 1. The molecule has 0 fully saturated rings. The van der Waals surface area contributed by atoms with Gasteiger partial charge >= 0.3 is 5.97 Å². The molecule has 7 nitrogen and oxygen atoms in total. The van der Waals surface area contributed by atoms with E-state index in [9.17, 15) is 20.2 Å². The monoisotopic (exact) mass is 400 g/mol. The first-order chi connectivity index (χ1) is 14.5. The fourth-order valence-corrected chi connectivity index (χ4v) is 2.75. The summed E-state index contributed by atoms with van der Waals surface area (Å²) in [6.45, 7) is 0.216. The van der Waals surface area contributed by atoms with Gasteiger partial charge in [-0.15, -0.1) is 0 Å². The van der Waals surface area contributed by atoms with E-state index in [1.54, 1.807) is 54.6 Å². The Hall–Kier alpha value is -4.44. The van der Waals surface area contributed by atoms with Crippen molar-refractivity contribution in [1.82, 2.24) is 0 Å². The van der Waals surface area contributed by atoms with Crippen LogP contribution in [0.3, 0.4) is 0 Å². The Morgan fingerprint density at radius 3 is 2.43 bits per heavy atom. The van der Waals surface area contributed by atoms with Crippen LogP contribution in [-0.4, -0.2) is 16.0 Å². The van der Waals surface area contributed by atoms with Gasteiger partial charge in [-0.05, 0) is 47.0 Å². The smallest absolute Gasteiger partial charge is 0.335 e. The molecule has 0 aromatic heterocycles. The van der Waals surface area contributed by atoms with Crippen molar-refractivity contribution in [3.05, 3.63) is 105 Å². The van der Waals surface area contributed by atoms with Crippen LogP contribution in [0.15, 0.2) is 72.8 Å². The van der Waals surface area contributed by atoms with Gasteiger partial charge in [0.05, 0.1) is 22.1 Å². The van der Waals surface area contributed by atoms with Gasteiger partial charge in [0.1, 0.15) is 12.4 Å². The molecule has 0 unspecified atom stereocenters. The summed E-state index contributed by atoms with van der Waals surface area (Å²) < 4.78 is 5.69. The minimum atomic E-state index is -0.995. The van der Waals surface area contributed by atoms with E-state index >= 15 is 0 Å². The average molecular weight is 400 g/mol. The second-order valence-corrected chi connectivity index (χ2v) is 6.34. The van der Waals surface area contributed by atoms with Gasteiger partial charge < -0.3 is 9.84 Å². The predicted molar refractivity (Wildman–Crippen MR) is 111 cm³/mol. The van der Waals surface area contributed by atoms with Crippen molar-refractivity contribution in [2.45, 2.75) is 6.61 Å². The summed E-state index contributed by atoms with van der Waals surface area (Å²) in [4.78, 5) is 21.5. The highest BCUT2D eigenvalue weighted by Crippen LogP contribution is 2.23. The van der Waals surface area contributed by atoms with Gasteiger partial charge in [0.2, 0.25) is 0 Å². The van der Waals surface area contributed by atoms with E-state index in [4.69, 9.17) is 9.84 Å². The SMILES string of the molecule is N#C/C(=C\c1ccc(OCc2cccc(C(=O)O)c2)cc1)c1cccc([N+](=O)[O-])c1. The number of carbonyl (C=O) groups is 1. The number of ether oxygens (including phenoxy) is 1. The fourth-order valence-electron chi connectivity index (χ4n) is 2.75. The molecule has 0 spiro atoms. The molecule has 0 saturated heterocycles. The van der Waals surface area contributed by atoms with Crippen molar-refractivity contribution in [1.29, 1.82) is 5.26 Å². The largest absolute Gasteiger partial charge is 0.489 e. The van der Waals surface area contributed by atoms with Gasteiger partial charge in [0.25, 0.3) is 5.69 Å². The molecule has 0 aliphatic rings. The minimum Gasteiger partial charge on any atom is -0.489 e. The van der Waals surface area contributed by atoms with Crippen LogP contribution in [0.25, 0.3) is 11.6 Å². The number of rotatable bonds is 7. The molecule has 0 bridgehead atoms. The lowest BCUT2D eigenvalue weighted by atomic mass is 10.0. The van der Waals surface area contributed by atoms with E-state index in [0.29, 0.717) is 16.9 Å². The van der Waals surface area contributed by atoms with E-state index in [1.165, 1.54) is 24.3 Å². The number of nitro benzene ring substituents is 1. The van der Waals surface area contributed by atoms with Gasteiger partial charge in [0, 0.05) is 12.1 Å². The molecular weight excluding hydrogens is 384 g/mol. The number of nitriles is 1. The number of non-ortho nitro benzene ring substituents is 1. The summed E-state index contributed by atoms with van der Waals surface area (Å²) in [6.07, 6.45) is 1.64. The number of hydrogen-bond acceptors (Lipinski definition) is 5. The second kappa shape index (κ2) is 9.17. The molecule has 0 amide bonds. The standard InChI is InChI=1S/C23H16N2O5/c24-14-20(18-4-2-6-21(13-18)25(28)29)11-16-7-9-22(10-8-16)30-15-17-3-1-5-19(12-17)23(26)27/h1-13H,15H2,(H,26,27)/b20-11+. The Bertz CT molecular complexity index is 1160. The van der Waals surface area contributed by atoms with Crippen LogP contribution in [-0.2, 0) is 6.61 Å². The molecule has 7 heteroatoms. The molecule has 3 rings (SSSR count). The Labute approximate surface area is 172 Å². The predicted octanol–water partition coefficient (Wildman–Crippen LogP) is 4.94. The van der Waals surface area contributed by atoms with Crippen LogP contribution in [0, 0.1) is 21.4 Å². The molecule has 3 aromatic rings. The lowest BCUT2D eigenvalue weighted by Gasteiger charge is -2.07. The molecule has 0 saturated carbocycles. The summed E-state index contributed by atoms with van der Waals surface area (Å²) >= 11 is 0. The van der Waals surface area contributed by atoms with Crippen LogP contribution in [0.2, 0.25) is 0 Å². The number of nitrogens with zero attached hydrogens (tertiary/aromatic N) is 2. The topological polar surface area (TPSA) is 113 Å². The third-order valence-electron chi connectivity index (χ3n) is 4.26. The summed E-state index contributed by atoms with van der Waals surface area (Å²) in [5.41, 5.74) is 2.35. The highest BCUT2D eigenvalue weighted by molar-refractivity contribution is 5.90. The fraction of sp³-hybridized carbons (Fsp3) is 0.0435. The minimum absolute atomic E-state index is 0.0793. The van der Waals surface area contributed by atoms with Gasteiger partial charge in [-0.25, -0.2) is 4.79 Å². The van der Waals surface area contributed by atoms with Crippen molar-refractivity contribution in [3.8, 4) is 11.8 Å². The number of aromatic carboxylic acids is 1. The quantitative estimate of drug-likeness (QED) is 0.260. The third kappa shape index (κ3) is 5.09. The summed E-state index contributed by atoms with van der Waals surface area (Å²) in [6, 6.07) is 21.5. The van der Waals surface area contributed by atoms with Crippen LogP contribution in [0.5, 0.6) is 5.75 Å². The van der Waals surface area contributed by atoms with Crippen molar-refractivity contribution in [2.24, 2.45) is 0 Å². The van der Waals surface area contributed by atoms with E-state index in [-0.39, 0.29) is 17.9 Å². The number of hydrogen-bond donors (Lipinski definition) is 1. The molecule has 0 heterocycles. The summed E-state index contributed by atoms with van der Waals surface area (Å²) in [5, 5.41) is 29.4. The van der Waals surface area contributed by atoms with Crippen molar-refractivity contribution in [3.63, 3.8) is 0 Å². The highest BCUT2D eigenvalue weighted by Gasteiger charge is 2.09.